The van der Waals surface area contributed by atoms with Crippen LogP contribution in [-0.4, -0.2) is 21.4 Å². The van der Waals surface area contributed by atoms with E-state index < -0.39 is 6.03 Å². The molecule has 2 aliphatic rings. The van der Waals surface area contributed by atoms with Gasteiger partial charge in [0.05, 0.1) is 12.1 Å². The number of aromatic nitrogens is 1. The van der Waals surface area contributed by atoms with Crippen LogP contribution in [0.4, 0.5) is 4.79 Å². The third-order valence-corrected chi connectivity index (χ3v) is 8.26. The molecule has 0 radical (unpaired) electrons. The summed E-state index contributed by atoms with van der Waals surface area (Å²) < 4.78 is 3.05. The van der Waals surface area contributed by atoms with Gasteiger partial charge in [0, 0.05) is 20.7 Å². The van der Waals surface area contributed by atoms with Gasteiger partial charge in [0.25, 0.3) is 5.91 Å². The van der Waals surface area contributed by atoms with Crippen LogP contribution in [0.15, 0.2) is 40.5 Å². The number of benzene rings is 1. The van der Waals surface area contributed by atoms with Gasteiger partial charge in [-0.3, -0.25) is 9.69 Å². The summed E-state index contributed by atoms with van der Waals surface area (Å²) in [5, 5.41) is 13.6. The zero-order valence-electron chi connectivity index (χ0n) is 18.9. The smallest absolute Gasteiger partial charge is 0.308 e. The van der Waals surface area contributed by atoms with E-state index in [1.807, 2.05) is 44.2 Å². The van der Waals surface area contributed by atoms with Crippen molar-refractivity contribution in [1.82, 2.24) is 14.8 Å². The number of imide groups is 1. The maximum absolute atomic E-state index is 13.0. The van der Waals surface area contributed by atoms with Crippen molar-refractivity contribution in [2.24, 2.45) is 0 Å². The predicted molar refractivity (Wildman–Crippen MR) is 136 cm³/mol. The highest BCUT2D eigenvalue weighted by atomic mass is 79.9. The summed E-state index contributed by atoms with van der Waals surface area (Å²) in [7, 11) is 0. The second-order valence-corrected chi connectivity index (χ2v) is 10.7. The summed E-state index contributed by atoms with van der Waals surface area (Å²) in [6.07, 6.45) is 6.01. The van der Waals surface area contributed by atoms with Crippen LogP contribution in [0.5, 0.6) is 0 Å². The molecule has 0 unspecified atom stereocenters. The number of hydrogen-bond acceptors (Lipinski definition) is 4. The second-order valence-electron chi connectivity index (χ2n) is 8.67. The minimum absolute atomic E-state index is 0.209. The molecule has 3 amide bonds. The fourth-order valence-electron chi connectivity index (χ4n) is 4.71. The first-order valence-electron chi connectivity index (χ1n) is 11.2. The summed E-state index contributed by atoms with van der Waals surface area (Å²) in [6, 6.07) is 11.5. The van der Waals surface area contributed by atoms with Crippen LogP contribution in [0, 0.1) is 25.2 Å². The Balaban J connectivity index is 1.47. The van der Waals surface area contributed by atoms with Crippen LogP contribution >= 0.6 is 27.3 Å². The van der Waals surface area contributed by atoms with Crippen molar-refractivity contribution < 1.29 is 9.59 Å². The standard InChI is InChI=1S/C26H23BrN4O2S/c1-15-11-18(16(2)31(15)25-21(13-28)20-5-3-4-6-23(20)34-25)12-22-24(32)30(26(33)29-22)14-17-7-9-19(27)10-8-17/h7-12H,3-6,14H2,1-2H3,(H,29,33)/b22-12+. The molecule has 1 aliphatic heterocycles. The lowest BCUT2D eigenvalue weighted by atomic mass is 9.96. The molecule has 1 aliphatic carbocycles. The Morgan fingerprint density at radius 1 is 1.18 bits per heavy atom. The minimum Gasteiger partial charge on any atom is -0.308 e. The lowest BCUT2D eigenvalue weighted by molar-refractivity contribution is -0.123. The van der Waals surface area contributed by atoms with E-state index in [0.717, 1.165) is 63.2 Å². The van der Waals surface area contributed by atoms with Gasteiger partial charge in [-0.1, -0.05) is 28.1 Å². The number of nitrogens with zero attached hydrogens (tertiary/aromatic N) is 3. The van der Waals surface area contributed by atoms with E-state index >= 15 is 0 Å². The van der Waals surface area contributed by atoms with Gasteiger partial charge < -0.3 is 9.88 Å². The molecule has 3 aromatic rings. The molecule has 0 bridgehead atoms. The average molecular weight is 535 g/mol. The zero-order valence-corrected chi connectivity index (χ0v) is 21.3. The maximum atomic E-state index is 13.0. The van der Waals surface area contributed by atoms with E-state index in [0.29, 0.717) is 0 Å². The Morgan fingerprint density at radius 2 is 1.91 bits per heavy atom. The number of aryl methyl sites for hydroxylation is 2. The maximum Gasteiger partial charge on any atom is 0.329 e. The molecule has 1 aromatic carbocycles. The van der Waals surface area contributed by atoms with Crippen LogP contribution in [-0.2, 0) is 24.2 Å². The zero-order chi connectivity index (χ0) is 24.0. The third-order valence-electron chi connectivity index (χ3n) is 6.45. The van der Waals surface area contributed by atoms with Crippen LogP contribution in [0.1, 0.15) is 51.4 Å². The number of fused-ring (bicyclic) bond motifs is 1. The Morgan fingerprint density at radius 3 is 2.65 bits per heavy atom. The van der Waals surface area contributed by atoms with Gasteiger partial charge in [0.1, 0.15) is 16.8 Å². The Hall–Kier alpha value is -3.15. The van der Waals surface area contributed by atoms with Gasteiger partial charge in [-0.25, -0.2) is 4.79 Å². The fourth-order valence-corrected chi connectivity index (χ4v) is 6.43. The molecule has 34 heavy (non-hydrogen) atoms. The van der Waals surface area contributed by atoms with E-state index in [1.165, 1.54) is 15.3 Å². The largest absolute Gasteiger partial charge is 0.329 e. The summed E-state index contributed by atoms with van der Waals surface area (Å²) >= 11 is 5.10. The van der Waals surface area contributed by atoms with E-state index in [2.05, 4.69) is 31.9 Å². The molecule has 0 atom stereocenters. The molecule has 2 aromatic heterocycles. The predicted octanol–water partition coefficient (Wildman–Crippen LogP) is 5.76. The Kier molecular flexibility index (Phi) is 5.92. The number of urea groups is 1. The normalized spacial score (nSPS) is 16.6. The Labute approximate surface area is 210 Å². The number of carbonyl (C=O) groups excluding carboxylic acids is 2. The number of carbonyl (C=O) groups is 2. The van der Waals surface area contributed by atoms with E-state index in [-0.39, 0.29) is 18.1 Å². The van der Waals surface area contributed by atoms with Crippen molar-refractivity contribution >= 4 is 45.3 Å². The van der Waals surface area contributed by atoms with Crippen LogP contribution in [0.2, 0.25) is 0 Å². The molecule has 3 heterocycles. The summed E-state index contributed by atoms with van der Waals surface area (Å²) in [6.45, 7) is 4.20. The number of nitrogens with one attached hydrogen (secondary N) is 1. The monoisotopic (exact) mass is 534 g/mol. The minimum atomic E-state index is -0.425. The number of amides is 3. The van der Waals surface area contributed by atoms with Gasteiger partial charge in [0.15, 0.2) is 0 Å². The lowest BCUT2D eigenvalue weighted by Crippen LogP contribution is -2.30. The van der Waals surface area contributed by atoms with Crippen molar-refractivity contribution in [2.45, 2.75) is 46.1 Å². The number of rotatable bonds is 4. The average Bonchev–Trinajstić information content (AvgIpc) is 3.41. The molecule has 1 N–H and O–H groups in total. The van der Waals surface area contributed by atoms with E-state index in [9.17, 15) is 14.9 Å². The van der Waals surface area contributed by atoms with Crippen LogP contribution in [0.3, 0.4) is 0 Å². The highest BCUT2D eigenvalue weighted by molar-refractivity contribution is 9.10. The highest BCUT2D eigenvalue weighted by Gasteiger charge is 2.34. The lowest BCUT2D eigenvalue weighted by Gasteiger charge is -2.11. The van der Waals surface area contributed by atoms with Crippen LogP contribution in [0.25, 0.3) is 11.1 Å². The van der Waals surface area contributed by atoms with Crippen molar-refractivity contribution in [3.8, 4) is 11.1 Å². The molecule has 1 saturated heterocycles. The van der Waals surface area contributed by atoms with Gasteiger partial charge in [-0.05, 0) is 80.5 Å². The third kappa shape index (κ3) is 3.89. The van der Waals surface area contributed by atoms with Gasteiger partial charge in [0.2, 0.25) is 0 Å². The molecule has 5 rings (SSSR count). The topological polar surface area (TPSA) is 78.1 Å². The summed E-state index contributed by atoms with van der Waals surface area (Å²) in [5.74, 6) is -0.345. The van der Waals surface area contributed by atoms with Gasteiger partial charge in [-0.2, -0.15) is 5.26 Å². The number of thiophene rings is 1. The van der Waals surface area contributed by atoms with Crippen molar-refractivity contribution in [1.29, 1.82) is 5.26 Å². The molecular weight excluding hydrogens is 512 g/mol. The van der Waals surface area contributed by atoms with Crippen molar-refractivity contribution in [2.75, 3.05) is 0 Å². The summed E-state index contributed by atoms with van der Waals surface area (Å²) in [4.78, 5) is 28.1. The fraction of sp³-hybridized carbons (Fsp3) is 0.269. The van der Waals surface area contributed by atoms with E-state index in [4.69, 9.17) is 0 Å². The second kappa shape index (κ2) is 8.90. The summed E-state index contributed by atoms with van der Waals surface area (Å²) in [5.41, 5.74) is 5.87. The number of halogens is 1. The van der Waals surface area contributed by atoms with Gasteiger partial charge in [-0.15, -0.1) is 11.3 Å². The number of nitriles is 1. The highest BCUT2D eigenvalue weighted by Crippen LogP contribution is 2.38. The molecular formula is C26H23BrN4O2S. The molecule has 1 fully saturated rings. The Bertz CT molecular complexity index is 1390. The molecule has 6 nitrogen and oxygen atoms in total. The quantitative estimate of drug-likeness (QED) is 0.341. The van der Waals surface area contributed by atoms with Crippen LogP contribution < -0.4 is 5.32 Å². The molecule has 172 valence electrons. The van der Waals surface area contributed by atoms with Crippen molar-refractivity contribution in [3.05, 3.63) is 79.0 Å². The molecule has 0 spiro atoms. The number of hydrogen-bond donors (Lipinski definition) is 1. The first-order chi connectivity index (χ1) is 16.4. The van der Waals surface area contributed by atoms with Crippen molar-refractivity contribution in [3.63, 3.8) is 0 Å². The first kappa shape index (κ1) is 22.6. The SMILES string of the molecule is Cc1cc(/C=C2/NC(=O)N(Cc3ccc(Br)cc3)C2=O)c(C)n1-c1sc2c(c1C#N)CCCC2. The molecule has 8 heteroatoms. The first-order valence-corrected chi connectivity index (χ1v) is 12.8. The van der Waals surface area contributed by atoms with Gasteiger partial charge >= 0.3 is 6.03 Å². The molecule has 0 saturated carbocycles. The van der Waals surface area contributed by atoms with E-state index in [1.54, 1.807) is 17.4 Å².